The molecule has 18 heavy (non-hydrogen) atoms. The SMILES string of the molecule is Cc1noc(=O)n1Cc1cccc2cccnc12. The minimum Gasteiger partial charge on any atom is -0.296 e. The molecule has 0 spiro atoms. The number of benzene rings is 1. The van der Waals surface area contributed by atoms with Crippen LogP contribution in [0, 0.1) is 6.92 Å². The highest BCUT2D eigenvalue weighted by molar-refractivity contribution is 5.81. The Morgan fingerprint density at radius 3 is 2.89 bits per heavy atom. The molecule has 1 aromatic carbocycles. The summed E-state index contributed by atoms with van der Waals surface area (Å²) in [6.07, 6.45) is 1.75. The molecule has 0 atom stereocenters. The minimum absolute atomic E-state index is 0.419. The van der Waals surface area contributed by atoms with Crippen LogP contribution in [0.3, 0.4) is 0 Å². The summed E-state index contributed by atoms with van der Waals surface area (Å²) < 4.78 is 6.11. The van der Waals surface area contributed by atoms with Crippen LogP contribution >= 0.6 is 0 Å². The Kier molecular flexibility index (Phi) is 2.44. The minimum atomic E-state index is -0.444. The van der Waals surface area contributed by atoms with E-state index in [1.54, 1.807) is 13.1 Å². The Morgan fingerprint density at radius 2 is 2.11 bits per heavy atom. The van der Waals surface area contributed by atoms with Crippen LogP contribution in [0.4, 0.5) is 0 Å². The molecule has 5 heteroatoms. The lowest BCUT2D eigenvalue weighted by atomic mass is 10.1. The molecule has 0 aliphatic heterocycles. The first-order chi connectivity index (χ1) is 8.75. The molecular formula is C13H11N3O2. The van der Waals surface area contributed by atoms with E-state index in [9.17, 15) is 4.79 Å². The van der Waals surface area contributed by atoms with Gasteiger partial charge in [0.15, 0.2) is 5.82 Å². The van der Waals surface area contributed by atoms with Gasteiger partial charge in [0, 0.05) is 11.6 Å². The average Bonchev–Trinajstić information content (AvgIpc) is 2.71. The molecular weight excluding hydrogens is 230 g/mol. The Morgan fingerprint density at radius 1 is 1.28 bits per heavy atom. The highest BCUT2D eigenvalue weighted by Crippen LogP contribution is 2.16. The van der Waals surface area contributed by atoms with Crippen molar-refractivity contribution in [3.8, 4) is 0 Å². The van der Waals surface area contributed by atoms with Gasteiger partial charge >= 0.3 is 5.76 Å². The van der Waals surface area contributed by atoms with E-state index in [0.29, 0.717) is 12.4 Å². The third kappa shape index (κ3) is 1.69. The molecule has 3 rings (SSSR count). The molecule has 0 radical (unpaired) electrons. The maximum Gasteiger partial charge on any atom is 0.441 e. The lowest BCUT2D eigenvalue weighted by Crippen LogP contribution is -2.16. The van der Waals surface area contributed by atoms with Crippen molar-refractivity contribution in [1.82, 2.24) is 14.7 Å². The predicted octanol–water partition coefficient (Wildman–Crippen LogP) is 1.74. The molecule has 0 bridgehead atoms. The van der Waals surface area contributed by atoms with Crippen LogP contribution in [0.1, 0.15) is 11.4 Å². The predicted molar refractivity (Wildman–Crippen MR) is 66.3 cm³/mol. The van der Waals surface area contributed by atoms with Crippen molar-refractivity contribution in [2.24, 2.45) is 0 Å². The smallest absolute Gasteiger partial charge is 0.296 e. The van der Waals surface area contributed by atoms with E-state index in [2.05, 4.69) is 14.7 Å². The molecule has 0 aliphatic rings. The van der Waals surface area contributed by atoms with Crippen LogP contribution < -0.4 is 5.76 Å². The molecule has 0 aliphatic carbocycles. The maximum atomic E-state index is 11.5. The third-order valence-electron chi connectivity index (χ3n) is 2.91. The molecule has 0 amide bonds. The van der Waals surface area contributed by atoms with Gasteiger partial charge in [-0.25, -0.2) is 4.79 Å². The van der Waals surface area contributed by atoms with Gasteiger partial charge in [-0.15, -0.1) is 0 Å². The summed E-state index contributed by atoms with van der Waals surface area (Å²) in [6, 6.07) is 9.79. The van der Waals surface area contributed by atoms with Crippen LogP contribution in [0.15, 0.2) is 45.8 Å². The van der Waals surface area contributed by atoms with Crippen LogP contribution in [0.25, 0.3) is 10.9 Å². The van der Waals surface area contributed by atoms with E-state index >= 15 is 0 Å². The number of fused-ring (bicyclic) bond motifs is 1. The normalized spacial score (nSPS) is 10.9. The topological polar surface area (TPSA) is 60.9 Å². The van der Waals surface area contributed by atoms with Crippen molar-refractivity contribution in [3.63, 3.8) is 0 Å². The molecule has 2 heterocycles. The Balaban J connectivity index is 2.13. The largest absolute Gasteiger partial charge is 0.441 e. The quantitative estimate of drug-likeness (QED) is 0.685. The van der Waals surface area contributed by atoms with Gasteiger partial charge in [-0.2, -0.15) is 0 Å². The van der Waals surface area contributed by atoms with Crippen LogP contribution in [-0.2, 0) is 6.54 Å². The summed E-state index contributed by atoms with van der Waals surface area (Å²) >= 11 is 0. The monoisotopic (exact) mass is 241 g/mol. The number of aromatic nitrogens is 3. The molecule has 0 fully saturated rings. The van der Waals surface area contributed by atoms with E-state index in [-0.39, 0.29) is 0 Å². The zero-order chi connectivity index (χ0) is 12.5. The van der Waals surface area contributed by atoms with Gasteiger partial charge in [-0.1, -0.05) is 29.4 Å². The summed E-state index contributed by atoms with van der Waals surface area (Å²) in [4.78, 5) is 15.8. The number of aryl methyl sites for hydroxylation is 1. The van der Waals surface area contributed by atoms with Gasteiger partial charge in [0.1, 0.15) is 0 Å². The summed E-state index contributed by atoms with van der Waals surface area (Å²) in [5.41, 5.74) is 1.87. The van der Waals surface area contributed by atoms with E-state index in [1.807, 2.05) is 30.3 Å². The van der Waals surface area contributed by atoms with E-state index < -0.39 is 5.76 Å². The van der Waals surface area contributed by atoms with Crippen LogP contribution in [0.2, 0.25) is 0 Å². The van der Waals surface area contributed by atoms with Gasteiger partial charge < -0.3 is 0 Å². The number of hydrogen-bond acceptors (Lipinski definition) is 4. The number of hydrogen-bond donors (Lipinski definition) is 0. The van der Waals surface area contributed by atoms with Crippen molar-refractivity contribution in [1.29, 1.82) is 0 Å². The van der Waals surface area contributed by atoms with E-state index in [1.165, 1.54) is 4.57 Å². The summed E-state index contributed by atoms with van der Waals surface area (Å²) in [5.74, 6) is 0.119. The van der Waals surface area contributed by atoms with E-state index in [4.69, 9.17) is 0 Å². The second kappa shape index (κ2) is 4.10. The first-order valence-corrected chi connectivity index (χ1v) is 5.61. The maximum absolute atomic E-state index is 11.5. The Labute approximate surface area is 103 Å². The molecule has 0 N–H and O–H groups in total. The number of nitrogens with zero attached hydrogens (tertiary/aromatic N) is 3. The first kappa shape index (κ1) is 10.7. The molecule has 90 valence electrons. The molecule has 0 saturated heterocycles. The second-order valence-electron chi connectivity index (χ2n) is 4.07. The summed E-state index contributed by atoms with van der Waals surface area (Å²) in [7, 11) is 0. The standard InChI is InChI=1S/C13H11N3O2/c1-9-15-18-13(17)16(9)8-11-5-2-4-10-6-3-7-14-12(10)11/h2-7H,8H2,1H3. The van der Waals surface area contributed by atoms with Gasteiger partial charge in [-0.3, -0.25) is 14.1 Å². The highest BCUT2D eigenvalue weighted by Gasteiger charge is 2.09. The van der Waals surface area contributed by atoms with Crippen LogP contribution in [-0.4, -0.2) is 14.7 Å². The van der Waals surface area contributed by atoms with Crippen molar-refractivity contribution in [3.05, 3.63) is 58.5 Å². The zero-order valence-corrected chi connectivity index (χ0v) is 9.83. The van der Waals surface area contributed by atoms with Crippen molar-refractivity contribution in [2.75, 3.05) is 0 Å². The first-order valence-electron chi connectivity index (χ1n) is 5.61. The fourth-order valence-corrected chi connectivity index (χ4v) is 1.98. The average molecular weight is 241 g/mol. The Hall–Kier alpha value is -2.43. The third-order valence-corrected chi connectivity index (χ3v) is 2.91. The summed E-state index contributed by atoms with van der Waals surface area (Å²) in [5, 5.41) is 4.70. The number of pyridine rings is 1. The molecule has 2 aromatic heterocycles. The fourth-order valence-electron chi connectivity index (χ4n) is 1.98. The van der Waals surface area contributed by atoms with Gasteiger partial charge in [0.25, 0.3) is 0 Å². The second-order valence-corrected chi connectivity index (χ2v) is 4.07. The van der Waals surface area contributed by atoms with Crippen molar-refractivity contribution in [2.45, 2.75) is 13.5 Å². The highest BCUT2D eigenvalue weighted by atomic mass is 16.5. The number of para-hydroxylation sites is 1. The molecule has 3 aromatic rings. The summed E-state index contributed by atoms with van der Waals surface area (Å²) in [6.45, 7) is 2.16. The van der Waals surface area contributed by atoms with Crippen LogP contribution in [0.5, 0.6) is 0 Å². The number of rotatable bonds is 2. The Bertz CT molecular complexity index is 753. The molecule has 0 saturated carbocycles. The van der Waals surface area contributed by atoms with Crippen molar-refractivity contribution < 1.29 is 4.52 Å². The lowest BCUT2D eigenvalue weighted by Gasteiger charge is -2.05. The molecule has 0 unspecified atom stereocenters. The van der Waals surface area contributed by atoms with Gasteiger partial charge in [0.05, 0.1) is 12.1 Å². The van der Waals surface area contributed by atoms with Gasteiger partial charge in [0.2, 0.25) is 0 Å². The molecule has 5 nitrogen and oxygen atoms in total. The van der Waals surface area contributed by atoms with Crippen molar-refractivity contribution >= 4 is 10.9 Å². The zero-order valence-electron chi connectivity index (χ0n) is 9.83. The lowest BCUT2D eigenvalue weighted by molar-refractivity contribution is 0.376. The van der Waals surface area contributed by atoms with E-state index in [0.717, 1.165) is 16.5 Å². The fraction of sp³-hybridized carbons (Fsp3) is 0.154. The van der Waals surface area contributed by atoms with Gasteiger partial charge in [-0.05, 0) is 18.6 Å².